The van der Waals surface area contributed by atoms with E-state index in [1.54, 1.807) is 7.11 Å². The molecule has 0 radical (unpaired) electrons. The van der Waals surface area contributed by atoms with Gasteiger partial charge in [0.15, 0.2) is 0 Å². The first-order valence-electron chi connectivity index (χ1n) is 8.58. The van der Waals surface area contributed by atoms with E-state index in [4.69, 9.17) is 4.74 Å². The van der Waals surface area contributed by atoms with E-state index in [9.17, 15) is 0 Å². The molecule has 1 aliphatic carbocycles. The van der Waals surface area contributed by atoms with Gasteiger partial charge in [0.05, 0.1) is 7.11 Å². The molecule has 0 bridgehead atoms. The van der Waals surface area contributed by atoms with Gasteiger partial charge in [0, 0.05) is 12.6 Å². The van der Waals surface area contributed by atoms with Gasteiger partial charge in [-0.3, -0.25) is 0 Å². The van der Waals surface area contributed by atoms with Crippen molar-refractivity contribution < 1.29 is 4.74 Å². The number of para-hydroxylation sites is 1. The Morgan fingerprint density at radius 2 is 2.00 bits per heavy atom. The molecule has 0 aliphatic heterocycles. The molecule has 0 saturated heterocycles. The van der Waals surface area contributed by atoms with E-state index < -0.39 is 0 Å². The summed E-state index contributed by atoms with van der Waals surface area (Å²) >= 11 is 0. The van der Waals surface area contributed by atoms with Gasteiger partial charge in [-0.05, 0) is 49.1 Å². The van der Waals surface area contributed by atoms with E-state index in [1.807, 2.05) is 0 Å². The SMILES string of the molecule is CCCCC(CC)(CNC1CC1)Cc1ccccc1OC. The van der Waals surface area contributed by atoms with Gasteiger partial charge in [0.1, 0.15) is 5.75 Å². The van der Waals surface area contributed by atoms with Gasteiger partial charge in [-0.15, -0.1) is 0 Å². The summed E-state index contributed by atoms with van der Waals surface area (Å²) < 4.78 is 5.56. The molecule has 1 aromatic rings. The summed E-state index contributed by atoms with van der Waals surface area (Å²) in [5.41, 5.74) is 1.73. The maximum atomic E-state index is 5.56. The number of benzene rings is 1. The summed E-state index contributed by atoms with van der Waals surface area (Å²) in [4.78, 5) is 0. The number of ether oxygens (including phenoxy) is 1. The molecule has 1 atom stereocenters. The quantitative estimate of drug-likeness (QED) is 0.681. The predicted molar refractivity (Wildman–Crippen MR) is 90.0 cm³/mol. The third-order valence-electron chi connectivity index (χ3n) is 4.91. The normalized spacial score (nSPS) is 17.5. The van der Waals surface area contributed by atoms with Gasteiger partial charge in [-0.25, -0.2) is 0 Å². The number of hydrogen-bond donors (Lipinski definition) is 1. The van der Waals surface area contributed by atoms with Crippen molar-refractivity contribution in [3.63, 3.8) is 0 Å². The number of hydrogen-bond acceptors (Lipinski definition) is 2. The van der Waals surface area contributed by atoms with Gasteiger partial charge in [-0.1, -0.05) is 44.9 Å². The van der Waals surface area contributed by atoms with Crippen LogP contribution in [-0.4, -0.2) is 19.7 Å². The highest BCUT2D eigenvalue weighted by Gasteiger charge is 2.31. The molecule has 1 fully saturated rings. The molecule has 2 heteroatoms. The van der Waals surface area contributed by atoms with Crippen molar-refractivity contribution in [2.24, 2.45) is 5.41 Å². The molecule has 1 N–H and O–H groups in total. The summed E-state index contributed by atoms with van der Waals surface area (Å²) in [5, 5.41) is 3.77. The molecule has 0 heterocycles. The lowest BCUT2D eigenvalue weighted by Crippen LogP contribution is -2.37. The van der Waals surface area contributed by atoms with Crippen LogP contribution in [0.25, 0.3) is 0 Å². The Kier molecular flexibility index (Phi) is 6.10. The van der Waals surface area contributed by atoms with E-state index in [1.165, 1.54) is 44.1 Å². The van der Waals surface area contributed by atoms with Crippen LogP contribution in [0.4, 0.5) is 0 Å². The summed E-state index contributed by atoms with van der Waals surface area (Å²) in [6.07, 6.45) is 8.96. The molecular weight excluding hydrogens is 258 g/mol. The van der Waals surface area contributed by atoms with Gasteiger partial charge >= 0.3 is 0 Å². The van der Waals surface area contributed by atoms with Crippen molar-refractivity contribution >= 4 is 0 Å². The molecule has 0 spiro atoms. The molecule has 2 rings (SSSR count). The molecular formula is C19H31NO. The third kappa shape index (κ3) is 4.74. The second kappa shape index (κ2) is 7.84. The summed E-state index contributed by atoms with van der Waals surface area (Å²) in [6.45, 7) is 5.78. The average molecular weight is 289 g/mol. The first kappa shape index (κ1) is 16.4. The Bertz CT molecular complexity index is 427. The first-order chi connectivity index (χ1) is 10.2. The minimum absolute atomic E-state index is 0.368. The maximum Gasteiger partial charge on any atom is 0.122 e. The van der Waals surface area contributed by atoms with Gasteiger partial charge < -0.3 is 10.1 Å². The molecule has 1 aromatic carbocycles. The molecule has 0 aromatic heterocycles. The van der Waals surface area contributed by atoms with Crippen LogP contribution >= 0.6 is 0 Å². The maximum absolute atomic E-state index is 5.56. The van der Waals surface area contributed by atoms with Crippen molar-refractivity contribution in [2.45, 2.75) is 64.8 Å². The lowest BCUT2D eigenvalue weighted by Gasteiger charge is -2.34. The number of methoxy groups -OCH3 is 1. The zero-order valence-corrected chi connectivity index (χ0v) is 14.0. The van der Waals surface area contributed by atoms with Crippen LogP contribution in [-0.2, 0) is 6.42 Å². The van der Waals surface area contributed by atoms with E-state index in [0.717, 1.165) is 24.8 Å². The number of unbranched alkanes of at least 4 members (excludes halogenated alkanes) is 1. The fourth-order valence-corrected chi connectivity index (χ4v) is 3.12. The van der Waals surface area contributed by atoms with Crippen LogP contribution in [0.1, 0.15) is 57.9 Å². The highest BCUT2D eigenvalue weighted by molar-refractivity contribution is 5.34. The monoisotopic (exact) mass is 289 g/mol. The van der Waals surface area contributed by atoms with Crippen LogP contribution in [0, 0.1) is 5.41 Å². The summed E-state index contributed by atoms with van der Waals surface area (Å²) in [6, 6.07) is 9.29. The largest absolute Gasteiger partial charge is 0.496 e. The van der Waals surface area contributed by atoms with Crippen LogP contribution in [0.5, 0.6) is 5.75 Å². The zero-order chi connectivity index (χ0) is 15.1. The second-order valence-electron chi connectivity index (χ2n) is 6.60. The Morgan fingerprint density at radius 3 is 2.62 bits per heavy atom. The highest BCUT2D eigenvalue weighted by Crippen LogP contribution is 2.36. The van der Waals surface area contributed by atoms with E-state index in [2.05, 4.69) is 43.4 Å². The van der Waals surface area contributed by atoms with Gasteiger partial charge in [0.2, 0.25) is 0 Å². The molecule has 118 valence electrons. The van der Waals surface area contributed by atoms with Gasteiger partial charge in [0.25, 0.3) is 0 Å². The lowest BCUT2D eigenvalue weighted by molar-refractivity contribution is 0.225. The van der Waals surface area contributed by atoms with Crippen LogP contribution in [0.15, 0.2) is 24.3 Å². The van der Waals surface area contributed by atoms with Crippen molar-refractivity contribution in [2.75, 3.05) is 13.7 Å². The fourth-order valence-electron chi connectivity index (χ4n) is 3.12. The number of nitrogens with one attached hydrogen (secondary N) is 1. The summed E-state index contributed by atoms with van der Waals surface area (Å²) in [5.74, 6) is 1.04. The fraction of sp³-hybridized carbons (Fsp3) is 0.684. The highest BCUT2D eigenvalue weighted by atomic mass is 16.5. The zero-order valence-electron chi connectivity index (χ0n) is 14.0. The molecule has 2 nitrogen and oxygen atoms in total. The second-order valence-corrected chi connectivity index (χ2v) is 6.60. The smallest absolute Gasteiger partial charge is 0.122 e. The first-order valence-corrected chi connectivity index (χ1v) is 8.58. The van der Waals surface area contributed by atoms with E-state index in [0.29, 0.717) is 5.41 Å². The third-order valence-corrected chi connectivity index (χ3v) is 4.91. The van der Waals surface area contributed by atoms with Crippen LogP contribution < -0.4 is 10.1 Å². The van der Waals surface area contributed by atoms with Crippen molar-refractivity contribution in [1.82, 2.24) is 5.32 Å². The summed E-state index contributed by atoms with van der Waals surface area (Å²) in [7, 11) is 1.78. The van der Waals surface area contributed by atoms with Gasteiger partial charge in [-0.2, -0.15) is 0 Å². The molecule has 1 unspecified atom stereocenters. The van der Waals surface area contributed by atoms with Crippen molar-refractivity contribution in [3.8, 4) is 5.75 Å². The molecule has 21 heavy (non-hydrogen) atoms. The van der Waals surface area contributed by atoms with E-state index >= 15 is 0 Å². The lowest BCUT2D eigenvalue weighted by atomic mass is 9.75. The Morgan fingerprint density at radius 1 is 1.24 bits per heavy atom. The standard InChI is InChI=1S/C19H31NO/c1-4-6-13-19(5-2,15-20-17-11-12-17)14-16-9-7-8-10-18(16)21-3/h7-10,17,20H,4-6,11-15H2,1-3H3. The Hall–Kier alpha value is -1.02. The molecule has 0 amide bonds. The molecule has 1 aliphatic rings. The van der Waals surface area contributed by atoms with E-state index in [-0.39, 0.29) is 0 Å². The Labute approximate surface area is 130 Å². The molecule has 1 saturated carbocycles. The van der Waals surface area contributed by atoms with Crippen molar-refractivity contribution in [1.29, 1.82) is 0 Å². The number of rotatable bonds is 10. The predicted octanol–water partition coefficient (Wildman–Crippen LogP) is 4.58. The average Bonchev–Trinajstić information content (AvgIpc) is 3.35. The topological polar surface area (TPSA) is 21.3 Å². The van der Waals surface area contributed by atoms with Crippen LogP contribution in [0.3, 0.4) is 0 Å². The van der Waals surface area contributed by atoms with Crippen molar-refractivity contribution in [3.05, 3.63) is 29.8 Å². The minimum Gasteiger partial charge on any atom is -0.496 e. The Balaban J connectivity index is 2.11. The minimum atomic E-state index is 0.368. The van der Waals surface area contributed by atoms with Crippen LogP contribution in [0.2, 0.25) is 0 Å².